The molecule has 0 aromatic heterocycles. The second-order valence-electron chi connectivity index (χ2n) is 4.10. The summed E-state index contributed by atoms with van der Waals surface area (Å²) in [6.45, 7) is 3.34. The van der Waals surface area contributed by atoms with E-state index in [0.29, 0.717) is 13.0 Å². The largest absolute Gasteiger partial charge is 0.417 e. The van der Waals surface area contributed by atoms with E-state index in [1.54, 1.807) is 0 Å². The lowest BCUT2D eigenvalue weighted by atomic mass is 10.2. The fourth-order valence-electron chi connectivity index (χ4n) is 1.61. The van der Waals surface area contributed by atoms with Gasteiger partial charge in [-0.1, -0.05) is 19.1 Å². The van der Waals surface area contributed by atoms with Crippen LogP contribution in [0.25, 0.3) is 0 Å². The predicted molar refractivity (Wildman–Crippen MR) is 69.8 cm³/mol. The van der Waals surface area contributed by atoms with Crippen molar-refractivity contribution in [3.05, 3.63) is 29.8 Å². The molecule has 0 fully saturated rings. The van der Waals surface area contributed by atoms with Crippen LogP contribution in [-0.2, 0) is 16.2 Å². The maximum absolute atomic E-state index is 12.8. The maximum atomic E-state index is 12.8. The molecule has 0 aliphatic rings. The van der Waals surface area contributed by atoms with Gasteiger partial charge in [0, 0.05) is 6.54 Å². The SMILES string of the molecule is CCNCCCNS(=O)(=O)c1ccccc1C(F)(F)F. The van der Waals surface area contributed by atoms with Gasteiger partial charge in [0.2, 0.25) is 10.0 Å². The highest BCUT2D eigenvalue weighted by Crippen LogP contribution is 2.33. The Hall–Kier alpha value is -1.12. The smallest absolute Gasteiger partial charge is 0.317 e. The number of benzene rings is 1. The molecular formula is C12H17F3N2O2S. The van der Waals surface area contributed by atoms with Gasteiger partial charge in [-0.2, -0.15) is 13.2 Å². The number of halogens is 3. The van der Waals surface area contributed by atoms with Crippen molar-refractivity contribution in [1.29, 1.82) is 0 Å². The molecule has 0 unspecified atom stereocenters. The number of hydrogen-bond donors (Lipinski definition) is 2. The van der Waals surface area contributed by atoms with Crippen LogP contribution in [0.3, 0.4) is 0 Å². The monoisotopic (exact) mass is 310 g/mol. The topological polar surface area (TPSA) is 58.2 Å². The first kappa shape index (κ1) is 16.9. The van der Waals surface area contributed by atoms with Crippen LogP contribution < -0.4 is 10.0 Å². The number of alkyl halides is 3. The highest BCUT2D eigenvalue weighted by Gasteiger charge is 2.36. The Bertz CT molecular complexity index is 530. The highest BCUT2D eigenvalue weighted by atomic mass is 32.2. The van der Waals surface area contributed by atoms with Crippen molar-refractivity contribution in [1.82, 2.24) is 10.0 Å². The molecule has 0 saturated carbocycles. The van der Waals surface area contributed by atoms with Crippen molar-refractivity contribution in [3.8, 4) is 0 Å². The Labute approximate surface area is 116 Å². The Morgan fingerprint density at radius 2 is 1.80 bits per heavy atom. The van der Waals surface area contributed by atoms with Crippen molar-refractivity contribution >= 4 is 10.0 Å². The molecule has 0 heterocycles. The lowest BCUT2D eigenvalue weighted by Crippen LogP contribution is -2.29. The van der Waals surface area contributed by atoms with Crippen molar-refractivity contribution in [3.63, 3.8) is 0 Å². The third-order valence-corrected chi connectivity index (χ3v) is 4.07. The van der Waals surface area contributed by atoms with Crippen LogP contribution >= 0.6 is 0 Å². The van der Waals surface area contributed by atoms with E-state index in [1.165, 1.54) is 6.07 Å². The van der Waals surface area contributed by atoms with E-state index in [0.717, 1.165) is 24.7 Å². The third-order valence-electron chi connectivity index (χ3n) is 2.55. The first-order valence-electron chi connectivity index (χ1n) is 6.15. The van der Waals surface area contributed by atoms with Gasteiger partial charge in [0.1, 0.15) is 0 Å². The van der Waals surface area contributed by atoms with Gasteiger partial charge >= 0.3 is 6.18 Å². The van der Waals surface area contributed by atoms with E-state index in [-0.39, 0.29) is 6.54 Å². The van der Waals surface area contributed by atoms with Crippen molar-refractivity contribution < 1.29 is 21.6 Å². The van der Waals surface area contributed by atoms with Crippen molar-refractivity contribution in [2.75, 3.05) is 19.6 Å². The van der Waals surface area contributed by atoms with Crippen LogP contribution in [0.5, 0.6) is 0 Å². The normalized spacial score (nSPS) is 12.6. The quantitative estimate of drug-likeness (QED) is 0.757. The summed E-state index contributed by atoms with van der Waals surface area (Å²) in [4.78, 5) is -0.740. The zero-order valence-electron chi connectivity index (χ0n) is 11.0. The van der Waals surface area contributed by atoms with Crippen LogP contribution in [-0.4, -0.2) is 28.1 Å². The predicted octanol–water partition coefficient (Wildman–Crippen LogP) is 1.98. The van der Waals surface area contributed by atoms with E-state index in [1.807, 2.05) is 6.92 Å². The number of hydrogen-bond acceptors (Lipinski definition) is 3. The average molecular weight is 310 g/mol. The summed E-state index contributed by atoms with van der Waals surface area (Å²) in [5.41, 5.74) is -1.15. The molecule has 4 nitrogen and oxygen atoms in total. The lowest BCUT2D eigenvalue weighted by molar-refractivity contribution is -0.139. The molecule has 20 heavy (non-hydrogen) atoms. The summed E-state index contributed by atoms with van der Waals surface area (Å²) < 4.78 is 64.3. The molecule has 1 aromatic rings. The van der Waals surface area contributed by atoms with Gasteiger partial charge in [-0.05, 0) is 31.6 Å². The second-order valence-corrected chi connectivity index (χ2v) is 5.83. The summed E-state index contributed by atoms with van der Waals surface area (Å²) in [6, 6.07) is 4.14. The minimum absolute atomic E-state index is 0.0848. The molecule has 0 aliphatic carbocycles. The number of sulfonamides is 1. The van der Waals surface area contributed by atoms with Gasteiger partial charge in [0.05, 0.1) is 10.5 Å². The molecule has 0 aliphatic heterocycles. The standard InChI is InChI=1S/C12H17F3N2O2S/c1-2-16-8-5-9-17-20(18,19)11-7-4-3-6-10(11)12(13,14)15/h3-4,6-7,16-17H,2,5,8-9H2,1H3. The Morgan fingerprint density at radius 1 is 1.15 bits per heavy atom. The van der Waals surface area contributed by atoms with E-state index in [2.05, 4.69) is 10.0 Å². The van der Waals surface area contributed by atoms with Crippen LogP contribution in [0.1, 0.15) is 18.9 Å². The van der Waals surface area contributed by atoms with Crippen LogP contribution in [0.15, 0.2) is 29.2 Å². The fraction of sp³-hybridized carbons (Fsp3) is 0.500. The Kier molecular flexibility index (Phi) is 5.97. The molecule has 114 valence electrons. The van der Waals surface area contributed by atoms with Crippen molar-refractivity contribution in [2.24, 2.45) is 0 Å². The minimum atomic E-state index is -4.70. The molecule has 0 radical (unpaired) electrons. The van der Waals surface area contributed by atoms with Crippen LogP contribution in [0, 0.1) is 0 Å². The molecule has 1 rings (SSSR count). The molecule has 0 saturated heterocycles. The molecule has 2 N–H and O–H groups in total. The van der Waals surface area contributed by atoms with E-state index >= 15 is 0 Å². The molecule has 0 bridgehead atoms. The van der Waals surface area contributed by atoms with Gasteiger partial charge in [0.15, 0.2) is 0 Å². The lowest BCUT2D eigenvalue weighted by Gasteiger charge is -2.13. The summed E-state index contributed by atoms with van der Waals surface area (Å²) in [6.07, 6.45) is -4.20. The molecule has 0 spiro atoms. The van der Waals surface area contributed by atoms with Crippen LogP contribution in [0.4, 0.5) is 13.2 Å². The first-order chi connectivity index (χ1) is 9.29. The zero-order chi connectivity index (χ0) is 15.2. The van der Waals surface area contributed by atoms with E-state index in [4.69, 9.17) is 0 Å². The molecule has 8 heteroatoms. The molecule has 0 amide bonds. The van der Waals surface area contributed by atoms with E-state index in [9.17, 15) is 21.6 Å². The minimum Gasteiger partial charge on any atom is -0.317 e. The third kappa shape index (κ3) is 4.77. The van der Waals surface area contributed by atoms with Gasteiger partial charge in [-0.3, -0.25) is 0 Å². The van der Waals surface area contributed by atoms with Gasteiger partial charge < -0.3 is 5.32 Å². The summed E-state index contributed by atoms with van der Waals surface area (Å²) in [5.74, 6) is 0. The van der Waals surface area contributed by atoms with Gasteiger partial charge in [-0.15, -0.1) is 0 Å². The maximum Gasteiger partial charge on any atom is 0.417 e. The zero-order valence-corrected chi connectivity index (χ0v) is 11.8. The number of rotatable bonds is 7. The van der Waals surface area contributed by atoms with Crippen LogP contribution in [0.2, 0.25) is 0 Å². The molecule has 0 atom stereocenters. The van der Waals surface area contributed by atoms with Gasteiger partial charge in [-0.25, -0.2) is 13.1 Å². The second kappa shape index (κ2) is 7.05. The van der Waals surface area contributed by atoms with E-state index < -0.39 is 26.7 Å². The summed E-state index contributed by atoms with van der Waals surface area (Å²) >= 11 is 0. The first-order valence-corrected chi connectivity index (χ1v) is 7.64. The number of nitrogens with one attached hydrogen (secondary N) is 2. The Morgan fingerprint density at radius 3 is 2.40 bits per heavy atom. The molecule has 1 aromatic carbocycles. The van der Waals surface area contributed by atoms with Gasteiger partial charge in [0.25, 0.3) is 0 Å². The summed E-state index contributed by atoms with van der Waals surface area (Å²) in [7, 11) is -4.16. The van der Waals surface area contributed by atoms with Crippen molar-refractivity contribution in [2.45, 2.75) is 24.4 Å². The summed E-state index contributed by atoms with van der Waals surface area (Å²) in [5, 5.41) is 3.00. The highest BCUT2D eigenvalue weighted by molar-refractivity contribution is 7.89. The molecular weight excluding hydrogens is 293 g/mol. The average Bonchev–Trinajstić information content (AvgIpc) is 2.37. The fourth-order valence-corrected chi connectivity index (χ4v) is 2.91. The Balaban J connectivity index is 2.83.